The molecular formula is C12H20O9. The largest absolute Gasteiger partial charge is 0.481 e. The Morgan fingerprint density at radius 3 is 1.90 bits per heavy atom. The summed E-state index contributed by atoms with van der Waals surface area (Å²) in [5.74, 6) is -8.45. The quantitative estimate of drug-likeness (QED) is 0.378. The molecule has 0 amide bonds. The van der Waals surface area contributed by atoms with Crippen LogP contribution in [-0.2, 0) is 28.6 Å². The first kappa shape index (κ1) is 19.3. The minimum atomic E-state index is -2.96. The monoisotopic (exact) mass is 308 g/mol. The molecule has 0 saturated heterocycles. The van der Waals surface area contributed by atoms with Crippen LogP contribution in [0.3, 0.4) is 0 Å². The highest BCUT2D eigenvalue weighted by Crippen LogP contribution is 2.35. The second-order valence-electron chi connectivity index (χ2n) is 4.41. The van der Waals surface area contributed by atoms with Crippen LogP contribution < -0.4 is 0 Å². The van der Waals surface area contributed by atoms with Crippen LogP contribution in [0, 0.1) is 5.92 Å². The van der Waals surface area contributed by atoms with Gasteiger partial charge in [-0.05, 0) is 13.8 Å². The van der Waals surface area contributed by atoms with E-state index < -0.39 is 41.6 Å². The molecule has 0 fully saturated rings. The molecule has 2 atom stereocenters. The SMILES string of the molecule is CCOC(=O)C(C(C)(OC)OC)C(O)(CC(=O)O)C(=O)O. The lowest BCUT2D eigenvalue weighted by atomic mass is 9.79. The highest BCUT2D eigenvalue weighted by atomic mass is 16.7. The maximum Gasteiger partial charge on any atom is 0.337 e. The molecule has 9 heteroatoms. The first-order valence-electron chi connectivity index (χ1n) is 6.03. The first-order valence-corrected chi connectivity index (χ1v) is 6.03. The van der Waals surface area contributed by atoms with E-state index in [1.165, 1.54) is 13.8 Å². The Labute approximate surface area is 121 Å². The van der Waals surface area contributed by atoms with Crippen LogP contribution in [0.25, 0.3) is 0 Å². The summed E-state index contributed by atoms with van der Waals surface area (Å²) >= 11 is 0. The zero-order valence-corrected chi connectivity index (χ0v) is 12.3. The van der Waals surface area contributed by atoms with Crippen molar-refractivity contribution in [2.45, 2.75) is 31.7 Å². The molecule has 0 aromatic carbocycles. The maximum atomic E-state index is 12.0. The lowest BCUT2D eigenvalue weighted by Gasteiger charge is -2.40. The molecule has 21 heavy (non-hydrogen) atoms. The van der Waals surface area contributed by atoms with Crippen LogP contribution in [0.1, 0.15) is 20.3 Å². The first-order chi connectivity index (χ1) is 9.58. The van der Waals surface area contributed by atoms with Crippen LogP contribution in [-0.4, -0.2) is 65.4 Å². The Morgan fingerprint density at radius 1 is 1.14 bits per heavy atom. The summed E-state index contributed by atoms with van der Waals surface area (Å²) < 4.78 is 14.6. The fourth-order valence-electron chi connectivity index (χ4n) is 1.92. The van der Waals surface area contributed by atoms with Gasteiger partial charge in [0, 0.05) is 14.2 Å². The van der Waals surface area contributed by atoms with Crippen molar-refractivity contribution in [1.29, 1.82) is 0 Å². The molecule has 0 bridgehead atoms. The fourth-order valence-corrected chi connectivity index (χ4v) is 1.92. The molecule has 0 spiro atoms. The van der Waals surface area contributed by atoms with Crippen LogP contribution >= 0.6 is 0 Å². The molecule has 0 aliphatic heterocycles. The number of carboxylic acid groups (broad SMARTS) is 2. The van der Waals surface area contributed by atoms with E-state index in [1.54, 1.807) is 0 Å². The Kier molecular flexibility index (Phi) is 6.74. The Balaban J connectivity index is 6.00. The van der Waals surface area contributed by atoms with Gasteiger partial charge in [0.2, 0.25) is 0 Å². The normalized spacial score (nSPS) is 15.9. The molecule has 3 N–H and O–H groups in total. The lowest BCUT2D eigenvalue weighted by Crippen LogP contribution is -2.61. The standard InChI is InChI=1S/C12H20O9/c1-5-21-9(15)8(11(2,19-3)20-4)12(18,10(16)17)6-7(13)14/h8,18H,5-6H2,1-4H3,(H,13,14)(H,16,17). The summed E-state index contributed by atoms with van der Waals surface area (Å²) in [4.78, 5) is 34.2. The van der Waals surface area contributed by atoms with E-state index in [-0.39, 0.29) is 6.61 Å². The molecule has 9 nitrogen and oxygen atoms in total. The number of aliphatic carboxylic acids is 2. The van der Waals surface area contributed by atoms with E-state index in [4.69, 9.17) is 19.3 Å². The molecule has 0 aromatic rings. The summed E-state index contributed by atoms with van der Waals surface area (Å²) in [5, 5.41) is 28.3. The van der Waals surface area contributed by atoms with Crippen molar-refractivity contribution in [2.24, 2.45) is 5.92 Å². The van der Waals surface area contributed by atoms with Crippen molar-refractivity contribution in [1.82, 2.24) is 0 Å². The predicted molar refractivity (Wildman–Crippen MR) is 67.4 cm³/mol. The van der Waals surface area contributed by atoms with Crippen LogP contribution in [0.5, 0.6) is 0 Å². The van der Waals surface area contributed by atoms with Gasteiger partial charge < -0.3 is 29.5 Å². The number of methoxy groups -OCH3 is 2. The average molecular weight is 308 g/mol. The van der Waals surface area contributed by atoms with Gasteiger partial charge in [0.15, 0.2) is 17.3 Å². The third kappa shape index (κ3) is 4.13. The van der Waals surface area contributed by atoms with Gasteiger partial charge in [-0.2, -0.15) is 0 Å². The smallest absolute Gasteiger partial charge is 0.337 e. The molecule has 0 aliphatic carbocycles. The van der Waals surface area contributed by atoms with Crippen LogP contribution in [0.4, 0.5) is 0 Å². The highest BCUT2D eigenvalue weighted by molar-refractivity contribution is 5.90. The molecule has 0 rings (SSSR count). The molecule has 0 saturated carbocycles. The van der Waals surface area contributed by atoms with E-state index in [2.05, 4.69) is 0 Å². The molecule has 0 aliphatic rings. The van der Waals surface area contributed by atoms with Crippen molar-refractivity contribution in [3.05, 3.63) is 0 Å². The van der Waals surface area contributed by atoms with Crippen LogP contribution in [0.2, 0.25) is 0 Å². The third-order valence-corrected chi connectivity index (χ3v) is 3.13. The van der Waals surface area contributed by atoms with Crippen molar-refractivity contribution < 1.29 is 43.9 Å². The van der Waals surface area contributed by atoms with E-state index in [9.17, 15) is 24.6 Å². The van der Waals surface area contributed by atoms with E-state index >= 15 is 0 Å². The van der Waals surface area contributed by atoms with Gasteiger partial charge in [0.05, 0.1) is 13.0 Å². The number of carbonyl (C=O) groups excluding carboxylic acids is 1. The number of esters is 1. The Hall–Kier alpha value is -1.71. The molecule has 2 unspecified atom stereocenters. The van der Waals surface area contributed by atoms with E-state index in [0.717, 1.165) is 14.2 Å². The molecule has 0 radical (unpaired) electrons. The number of hydrogen-bond donors (Lipinski definition) is 3. The van der Waals surface area contributed by atoms with Crippen molar-refractivity contribution in [3.8, 4) is 0 Å². The van der Waals surface area contributed by atoms with Gasteiger partial charge in [-0.15, -0.1) is 0 Å². The predicted octanol–water partition coefficient (Wildman–Crippen LogP) is -0.535. The second-order valence-corrected chi connectivity index (χ2v) is 4.41. The Bertz CT molecular complexity index is 402. The van der Waals surface area contributed by atoms with Gasteiger partial charge in [-0.1, -0.05) is 0 Å². The second kappa shape index (κ2) is 7.34. The molecular weight excluding hydrogens is 288 g/mol. The van der Waals surface area contributed by atoms with E-state index in [0.29, 0.717) is 0 Å². The summed E-state index contributed by atoms with van der Waals surface area (Å²) in [6.45, 7) is 2.58. The number of carbonyl (C=O) groups is 3. The molecule has 0 heterocycles. The van der Waals surface area contributed by atoms with Gasteiger partial charge in [0.25, 0.3) is 0 Å². The number of ether oxygens (including phenoxy) is 3. The number of rotatable bonds is 9. The zero-order chi connectivity index (χ0) is 16.8. The van der Waals surface area contributed by atoms with Gasteiger partial charge in [0.1, 0.15) is 0 Å². The maximum absolute atomic E-state index is 12.0. The fraction of sp³-hybridized carbons (Fsp3) is 0.750. The van der Waals surface area contributed by atoms with E-state index in [1.807, 2.05) is 0 Å². The van der Waals surface area contributed by atoms with Gasteiger partial charge >= 0.3 is 17.9 Å². The summed E-state index contributed by atoms with van der Waals surface area (Å²) in [5.41, 5.74) is -2.96. The zero-order valence-electron chi connectivity index (χ0n) is 12.3. The highest BCUT2D eigenvalue weighted by Gasteiger charge is 2.59. The molecule has 0 aromatic heterocycles. The summed E-state index contributed by atoms with van der Waals surface area (Å²) in [6.07, 6.45) is -1.23. The van der Waals surface area contributed by atoms with Crippen molar-refractivity contribution >= 4 is 17.9 Å². The lowest BCUT2D eigenvalue weighted by molar-refractivity contribution is -0.265. The van der Waals surface area contributed by atoms with Crippen LogP contribution in [0.15, 0.2) is 0 Å². The third-order valence-electron chi connectivity index (χ3n) is 3.13. The minimum absolute atomic E-state index is 0.0956. The van der Waals surface area contributed by atoms with Gasteiger partial charge in [-0.25, -0.2) is 4.79 Å². The molecule has 122 valence electrons. The number of aliphatic hydroxyl groups is 1. The summed E-state index contributed by atoms with van der Waals surface area (Å²) in [7, 11) is 2.25. The van der Waals surface area contributed by atoms with Crippen molar-refractivity contribution in [3.63, 3.8) is 0 Å². The number of carboxylic acids is 2. The average Bonchev–Trinajstić information content (AvgIpc) is 2.37. The number of hydrogen-bond acceptors (Lipinski definition) is 7. The minimum Gasteiger partial charge on any atom is -0.481 e. The summed E-state index contributed by atoms with van der Waals surface area (Å²) in [6, 6.07) is 0. The topological polar surface area (TPSA) is 140 Å². The van der Waals surface area contributed by atoms with Gasteiger partial charge in [-0.3, -0.25) is 9.59 Å². The Morgan fingerprint density at radius 2 is 1.62 bits per heavy atom. The van der Waals surface area contributed by atoms with Crippen molar-refractivity contribution in [2.75, 3.05) is 20.8 Å².